The van der Waals surface area contributed by atoms with E-state index in [9.17, 15) is 4.79 Å². The normalized spacial score (nSPS) is 30.2. The number of rotatable bonds is 2. The van der Waals surface area contributed by atoms with Crippen molar-refractivity contribution in [3.8, 4) is 0 Å². The molecule has 1 saturated carbocycles. The molecular weight excluding hydrogens is 306 g/mol. The Morgan fingerprint density at radius 1 is 0.870 bits per heavy atom. The fourth-order valence-corrected chi connectivity index (χ4v) is 3.75. The first-order valence-corrected chi connectivity index (χ1v) is 9.00. The highest BCUT2D eigenvalue weighted by Gasteiger charge is 2.52. The lowest BCUT2D eigenvalue weighted by Crippen LogP contribution is -2.15. The van der Waals surface area contributed by atoms with Crippen LogP contribution in [-0.4, -0.2) is 5.91 Å². The Hall–Kier alpha value is -1.54. The van der Waals surface area contributed by atoms with Crippen LogP contribution in [0.4, 0.5) is 5.69 Å². The van der Waals surface area contributed by atoms with Gasteiger partial charge < -0.3 is 5.32 Å². The first kappa shape index (κ1) is 16.3. The molecule has 0 saturated heterocycles. The first-order chi connectivity index (χ1) is 11.3. The van der Waals surface area contributed by atoms with Crippen LogP contribution in [0.2, 0.25) is 5.02 Å². The Balaban J connectivity index is 1.60. The summed E-state index contributed by atoms with van der Waals surface area (Å²) in [6.45, 7) is 0. The summed E-state index contributed by atoms with van der Waals surface area (Å²) in [5.74, 6) is 1.43. The van der Waals surface area contributed by atoms with Crippen LogP contribution in [0.25, 0.3) is 0 Å². The Morgan fingerprint density at radius 3 is 1.96 bits per heavy atom. The Bertz CT molecular complexity index is 566. The fourth-order valence-electron chi connectivity index (χ4n) is 3.62. The van der Waals surface area contributed by atoms with Gasteiger partial charge in [-0.05, 0) is 74.6 Å². The van der Waals surface area contributed by atoms with E-state index in [0.29, 0.717) is 16.9 Å². The fraction of sp³-hybridized carbons (Fsp3) is 0.450. The zero-order chi connectivity index (χ0) is 16.1. The number of nitrogens with one attached hydrogen (secondary N) is 1. The third-order valence-electron chi connectivity index (χ3n) is 4.91. The third kappa shape index (κ3) is 4.48. The lowest BCUT2D eigenvalue weighted by molar-refractivity contribution is -0.117. The van der Waals surface area contributed by atoms with Crippen LogP contribution in [0.3, 0.4) is 0 Å². The highest BCUT2D eigenvalue weighted by atomic mass is 35.5. The minimum absolute atomic E-state index is 0.171. The second kappa shape index (κ2) is 7.83. The van der Waals surface area contributed by atoms with Gasteiger partial charge in [-0.25, -0.2) is 0 Å². The predicted octanol–water partition coefficient (Wildman–Crippen LogP) is 5.61. The van der Waals surface area contributed by atoms with Crippen LogP contribution >= 0.6 is 11.6 Å². The van der Waals surface area contributed by atoms with Crippen LogP contribution in [0, 0.1) is 17.8 Å². The number of carbonyl (C=O) groups excluding carboxylic acids is 1. The molecule has 2 aliphatic rings. The Labute approximate surface area is 143 Å². The number of hydrogen-bond acceptors (Lipinski definition) is 1. The monoisotopic (exact) mass is 329 g/mol. The largest absolute Gasteiger partial charge is 0.326 e. The molecule has 0 unspecified atom stereocenters. The zero-order valence-electron chi connectivity index (χ0n) is 13.4. The predicted molar refractivity (Wildman–Crippen MR) is 96.5 cm³/mol. The van der Waals surface area contributed by atoms with Gasteiger partial charge in [-0.15, -0.1) is 0 Å². The highest BCUT2D eigenvalue weighted by molar-refractivity contribution is 6.30. The second-order valence-corrected chi connectivity index (χ2v) is 6.96. The number of halogens is 1. The van der Waals surface area contributed by atoms with Crippen molar-refractivity contribution in [3.05, 3.63) is 53.6 Å². The standard InChI is InChI=1S/C20H24ClNO/c21-15-11-13-16(14-12-15)22-20(23)19-17-9-7-5-3-1-2-4-6-8-10-18(17)19/h3-6,11-14,17-19H,1-2,7-10H2,(H,22,23)/b5-3-,6-4-/t17-,18-/m1/s1. The van der Waals surface area contributed by atoms with E-state index < -0.39 is 0 Å². The van der Waals surface area contributed by atoms with Gasteiger partial charge in [0, 0.05) is 16.6 Å². The molecule has 1 amide bonds. The zero-order valence-corrected chi connectivity index (χ0v) is 14.1. The number of carbonyl (C=O) groups is 1. The van der Waals surface area contributed by atoms with Gasteiger partial charge in [-0.3, -0.25) is 4.79 Å². The van der Waals surface area contributed by atoms with Crippen LogP contribution in [0.15, 0.2) is 48.6 Å². The van der Waals surface area contributed by atoms with Crippen molar-refractivity contribution in [2.24, 2.45) is 17.8 Å². The van der Waals surface area contributed by atoms with Crippen molar-refractivity contribution in [1.29, 1.82) is 0 Å². The average molecular weight is 330 g/mol. The maximum absolute atomic E-state index is 12.6. The van der Waals surface area contributed by atoms with Crippen molar-refractivity contribution >= 4 is 23.2 Å². The molecular formula is C20H24ClNO. The Morgan fingerprint density at radius 2 is 1.39 bits per heavy atom. The molecule has 0 heterocycles. The van der Waals surface area contributed by atoms with Gasteiger partial charge in [0.1, 0.15) is 0 Å². The molecule has 3 rings (SSSR count). The molecule has 1 aromatic rings. The Kier molecular flexibility index (Phi) is 5.56. The molecule has 1 fully saturated rings. The van der Waals surface area contributed by atoms with E-state index in [4.69, 9.17) is 11.6 Å². The summed E-state index contributed by atoms with van der Waals surface area (Å²) in [6, 6.07) is 7.34. The molecule has 3 heteroatoms. The summed E-state index contributed by atoms with van der Waals surface area (Å²) < 4.78 is 0. The van der Waals surface area contributed by atoms with Gasteiger partial charge in [-0.2, -0.15) is 0 Å². The number of hydrogen-bond donors (Lipinski definition) is 1. The van der Waals surface area contributed by atoms with E-state index in [1.807, 2.05) is 24.3 Å². The van der Waals surface area contributed by atoms with E-state index in [1.54, 1.807) is 0 Å². The first-order valence-electron chi connectivity index (χ1n) is 8.62. The van der Waals surface area contributed by atoms with Gasteiger partial charge in [0.2, 0.25) is 5.91 Å². The van der Waals surface area contributed by atoms with Gasteiger partial charge >= 0.3 is 0 Å². The number of benzene rings is 1. The molecule has 0 bridgehead atoms. The lowest BCUT2D eigenvalue weighted by atomic mass is 10.1. The number of amides is 1. The highest BCUT2D eigenvalue weighted by Crippen LogP contribution is 2.52. The molecule has 122 valence electrons. The van der Waals surface area contributed by atoms with Crippen LogP contribution in [0.5, 0.6) is 0 Å². The van der Waals surface area contributed by atoms with Gasteiger partial charge in [0.25, 0.3) is 0 Å². The topological polar surface area (TPSA) is 29.1 Å². The number of allylic oxidation sites excluding steroid dienone is 4. The maximum Gasteiger partial charge on any atom is 0.228 e. The molecule has 0 aromatic heterocycles. The molecule has 2 nitrogen and oxygen atoms in total. The average Bonchev–Trinajstić information content (AvgIpc) is 3.22. The summed E-state index contributed by atoms with van der Waals surface area (Å²) >= 11 is 5.89. The van der Waals surface area contributed by atoms with Gasteiger partial charge in [-0.1, -0.05) is 35.9 Å². The molecule has 2 atom stereocenters. The number of fused-ring (bicyclic) bond motifs is 1. The summed E-state index contributed by atoms with van der Waals surface area (Å²) in [5.41, 5.74) is 0.835. The smallest absolute Gasteiger partial charge is 0.228 e. The van der Waals surface area contributed by atoms with E-state index in [2.05, 4.69) is 29.6 Å². The van der Waals surface area contributed by atoms with Crippen LogP contribution in [-0.2, 0) is 4.79 Å². The summed E-state index contributed by atoms with van der Waals surface area (Å²) in [6.07, 6.45) is 15.8. The second-order valence-electron chi connectivity index (χ2n) is 6.52. The number of anilines is 1. The van der Waals surface area contributed by atoms with Crippen molar-refractivity contribution in [2.75, 3.05) is 5.32 Å². The van der Waals surface area contributed by atoms with Gasteiger partial charge in [0.05, 0.1) is 0 Å². The minimum Gasteiger partial charge on any atom is -0.326 e. The van der Waals surface area contributed by atoms with E-state index in [1.165, 1.54) is 0 Å². The van der Waals surface area contributed by atoms with Crippen molar-refractivity contribution in [3.63, 3.8) is 0 Å². The molecule has 1 aromatic carbocycles. The van der Waals surface area contributed by atoms with E-state index in [0.717, 1.165) is 44.2 Å². The van der Waals surface area contributed by atoms with Gasteiger partial charge in [0.15, 0.2) is 0 Å². The van der Waals surface area contributed by atoms with Crippen LogP contribution < -0.4 is 5.32 Å². The summed E-state index contributed by atoms with van der Waals surface area (Å²) in [5, 5.41) is 3.74. The third-order valence-corrected chi connectivity index (χ3v) is 5.16. The molecule has 0 radical (unpaired) electrons. The SMILES string of the molecule is O=C(Nc1ccc(Cl)cc1)C1[C@@H]2CC/C=C\CC/C=C\CC[C@@H]12. The van der Waals surface area contributed by atoms with Crippen molar-refractivity contribution in [2.45, 2.75) is 38.5 Å². The van der Waals surface area contributed by atoms with E-state index in [-0.39, 0.29) is 11.8 Å². The summed E-state index contributed by atoms with van der Waals surface area (Å²) in [7, 11) is 0. The molecule has 0 aliphatic heterocycles. The minimum atomic E-state index is 0.171. The molecule has 1 N–H and O–H groups in total. The van der Waals surface area contributed by atoms with Crippen molar-refractivity contribution in [1.82, 2.24) is 0 Å². The summed E-state index contributed by atoms with van der Waals surface area (Å²) in [4.78, 5) is 12.6. The van der Waals surface area contributed by atoms with Crippen LogP contribution in [0.1, 0.15) is 38.5 Å². The lowest BCUT2D eigenvalue weighted by Gasteiger charge is -2.05. The molecule has 0 spiro atoms. The maximum atomic E-state index is 12.6. The van der Waals surface area contributed by atoms with Crippen molar-refractivity contribution < 1.29 is 4.79 Å². The van der Waals surface area contributed by atoms with E-state index >= 15 is 0 Å². The molecule has 2 aliphatic carbocycles. The quantitative estimate of drug-likeness (QED) is 0.702. The molecule has 23 heavy (non-hydrogen) atoms.